The lowest BCUT2D eigenvalue weighted by atomic mass is 10.1. The number of hydrogen-bond donors (Lipinski definition) is 0. The molecule has 0 aliphatic heterocycles. The smallest absolute Gasteiger partial charge is 0.265 e. The fourth-order valence-corrected chi connectivity index (χ4v) is 1.90. The Kier molecular flexibility index (Phi) is 4.20. The molecular formula is C15H16N2O3. The van der Waals surface area contributed by atoms with Gasteiger partial charge < -0.3 is 14.4 Å². The molecule has 0 saturated carbocycles. The molecule has 2 aromatic rings. The molecule has 0 radical (unpaired) electrons. The number of benzene rings is 1. The Morgan fingerprint density at radius 3 is 2.25 bits per heavy atom. The molecule has 1 aromatic heterocycles. The first-order valence-corrected chi connectivity index (χ1v) is 6.08. The normalized spacial score (nSPS) is 9.95. The molecule has 0 aliphatic carbocycles. The van der Waals surface area contributed by atoms with Gasteiger partial charge in [0.2, 0.25) is 0 Å². The summed E-state index contributed by atoms with van der Waals surface area (Å²) in [6, 6.07) is 8.82. The van der Waals surface area contributed by atoms with Gasteiger partial charge in [0.25, 0.3) is 5.91 Å². The number of nitrogens with zero attached hydrogens (tertiary/aromatic N) is 2. The highest BCUT2D eigenvalue weighted by molar-refractivity contribution is 6.09. The second-order valence-corrected chi connectivity index (χ2v) is 4.11. The number of methoxy groups -OCH3 is 2. The number of amides is 1. The van der Waals surface area contributed by atoms with Crippen LogP contribution in [0.3, 0.4) is 0 Å². The molecule has 5 nitrogen and oxygen atoms in total. The molecule has 104 valence electrons. The molecule has 0 spiro atoms. The number of ether oxygens (including phenoxy) is 2. The first kappa shape index (κ1) is 13.9. The van der Waals surface area contributed by atoms with Crippen LogP contribution in [0.25, 0.3) is 0 Å². The predicted molar refractivity (Wildman–Crippen MR) is 76.5 cm³/mol. The fraction of sp³-hybridized carbons (Fsp3) is 0.200. The van der Waals surface area contributed by atoms with Crippen LogP contribution >= 0.6 is 0 Å². The molecule has 0 N–H and O–H groups in total. The summed E-state index contributed by atoms with van der Waals surface area (Å²) in [6.07, 6.45) is 3.28. The molecule has 0 saturated heterocycles. The maximum absolute atomic E-state index is 12.6. The Morgan fingerprint density at radius 2 is 1.75 bits per heavy atom. The summed E-state index contributed by atoms with van der Waals surface area (Å²) in [7, 11) is 4.73. The van der Waals surface area contributed by atoms with Crippen molar-refractivity contribution in [2.75, 3.05) is 26.2 Å². The van der Waals surface area contributed by atoms with Crippen LogP contribution < -0.4 is 14.4 Å². The van der Waals surface area contributed by atoms with Gasteiger partial charge in [0.15, 0.2) is 0 Å². The topological polar surface area (TPSA) is 51.7 Å². The standard InChI is InChI=1S/C15H16N2O3/c1-17(11-6-5-9-16-10-11)15(18)14-12(19-2)7-4-8-13(14)20-3/h4-10H,1-3H3. The fourth-order valence-electron chi connectivity index (χ4n) is 1.90. The highest BCUT2D eigenvalue weighted by atomic mass is 16.5. The first-order valence-electron chi connectivity index (χ1n) is 6.08. The second-order valence-electron chi connectivity index (χ2n) is 4.11. The van der Waals surface area contributed by atoms with Gasteiger partial charge in [-0.15, -0.1) is 0 Å². The quantitative estimate of drug-likeness (QED) is 0.857. The molecular weight excluding hydrogens is 256 g/mol. The van der Waals surface area contributed by atoms with E-state index in [1.54, 1.807) is 43.7 Å². The SMILES string of the molecule is COc1cccc(OC)c1C(=O)N(C)c1cccnc1. The summed E-state index contributed by atoms with van der Waals surface area (Å²) in [4.78, 5) is 18.2. The van der Waals surface area contributed by atoms with Crippen LogP contribution in [0.4, 0.5) is 5.69 Å². The van der Waals surface area contributed by atoms with E-state index in [0.717, 1.165) is 0 Å². The van der Waals surface area contributed by atoms with E-state index in [4.69, 9.17) is 9.47 Å². The average molecular weight is 272 g/mol. The third kappa shape index (κ3) is 2.56. The van der Waals surface area contributed by atoms with Crippen molar-refractivity contribution in [3.8, 4) is 11.5 Å². The van der Waals surface area contributed by atoms with Gasteiger partial charge >= 0.3 is 0 Å². The lowest BCUT2D eigenvalue weighted by Crippen LogP contribution is -2.27. The van der Waals surface area contributed by atoms with Gasteiger partial charge in [-0.1, -0.05) is 6.07 Å². The largest absolute Gasteiger partial charge is 0.496 e. The Hall–Kier alpha value is -2.56. The van der Waals surface area contributed by atoms with Crippen LogP contribution in [0.1, 0.15) is 10.4 Å². The molecule has 0 atom stereocenters. The van der Waals surface area contributed by atoms with Gasteiger partial charge in [-0.25, -0.2) is 0 Å². The predicted octanol–water partition coefficient (Wildman–Crippen LogP) is 2.38. The summed E-state index contributed by atoms with van der Waals surface area (Å²) in [5, 5.41) is 0. The summed E-state index contributed by atoms with van der Waals surface area (Å²) in [5.74, 6) is 0.738. The van der Waals surface area contributed by atoms with Crippen LogP contribution in [0.5, 0.6) is 11.5 Å². The minimum absolute atomic E-state index is 0.215. The molecule has 0 fully saturated rings. The van der Waals surface area contributed by atoms with E-state index < -0.39 is 0 Å². The molecule has 2 rings (SSSR count). The maximum atomic E-state index is 12.6. The van der Waals surface area contributed by atoms with Crippen LogP contribution in [0, 0.1) is 0 Å². The number of hydrogen-bond acceptors (Lipinski definition) is 4. The third-order valence-corrected chi connectivity index (χ3v) is 2.98. The van der Waals surface area contributed by atoms with Crippen LogP contribution in [0.2, 0.25) is 0 Å². The van der Waals surface area contributed by atoms with Gasteiger partial charge in [-0.05, 0) is 24.3 Å². The highest BCUT2D eigenvalue weighted by Gasteiger charge is 2.22. The minimum atomic E-state index is -0.215. The lowest BCUT2D eigenvalue weighted by molar-refractivity contribution is 0.0987. The number of anilines is 1. The molecule has 5 heteroatoms. The van der Waals surface area contributed by atoms with Gasteiger partial charge in [0.1, 0.15) is 17.1 Å². The van der Waals surface area contributed by atoms with E-state index >= 15 is 0 Å². The van der Waals surface area contributed by atoms with Gasteiger partial charge in [0.05, 0.1) is 26.1 Å². The number of carbonyl (C=O) groups is 1. The molecule has 1 amide bonds. The molecule has 0 aliphatic rings. The van der Waals surface area contributed by atoms with E-state index in [-0.39, 0.29) is 5.91 Å². The van der Waals surface area contributed by atoms with Crippen molar-refractivity contribution >= 4 is 11.6 Å². The third-order valence-electron chi connectivity index (χ3n) is 2.98. The van der Waals surface area contributed by atoms with E-state index in [9.17, 15) is 4.79 Å². The summed E-state index contributed by atoms with van der Waals surface area (Å²) >= 11 is 0. The molecule has 0 bridgehead atoms. The van der Waals surface area contributed by atoms with Gasteiger partial charge in [0, 0.05) is 13.2 Å². The number of aromatic nitrogens is 1. The monoisotopic (exact) mass is 272 g/mol. The Morgan fingerprint density at radius 1 is 1.10 bits per heavy atom. The van der Waals surface area contributed by atoms with Crippen molar-refractivity contribution in [3.63, 3.8) is 0 Å². The van der Waals surface area contributed by atoms with Crippen molar-refractivity contribution < 1.29 is 14.3 Å². The van der Waals surface area contributed by atoms with E-state index in [1.165, 1.54) is 19.1 Å². The van der Waals surface area contributed by atoms with Crippen LogP contribution in [0.15, 0.2) is 42.7 Å². The Balaban J connectivity index is 2.43. The van der Waals surface area contributed by atoms with E-state index in [1.807, 2.05) is 6.07 Å². The van der Waals surface area contributed by atoms with Crippen molar-refractivity contribution in [1.29, 1.82) is 0 Å². The molecule has 1 heterocycles. The van der Waals surface area contributed by atoms with Crippen LogP contribution in [-0.4, -0.2) is 32.2 Å². The first-order chi connectivity index (χ1) is 9.69. The average Bonchev–Trinajstić information content (AvgIpc) is 2.53. The zero-order valence-corrected chi connectivity index (χ0v) is 11.7. The Bertz CT molecular complexity index is 577. The second kappa shape index (κ2) is 6.06. The molecule has 0 unspecified atom stereocenters. The van der Waals surface area contributed by atoms with Crippen LogP contribution in [-0.2, 0) is 0 Å². The van der Waals surface area contributed by atoms with E-state index in [2.05, 4.69) is 4.98 Å². The van der Waals surface area contributed by atoms with Crippen molar-refractivity contribution in [2.24, 2.45) is 0 Å². The zero-order chi connectivity index (χ0) is 14.5. The van der Waals surface area contributed by atoms with Crippen molar-refractivity contribution in [3.05, 3.63) is 48.3 Å². The highest BCUT2D eigenvalue weighted by Crippen LogP contribution is 2.30. The number of pyridine rings is 1. The maximum Gasteiger partial charge on any atom is 0.265 e. The lowest BCUT2D eigenvalue weighted by Gasteiger charge is -2.20. The summed E-state index contributed by atoms with van der Waals surface area (Å²) < 4.78 is 10.5. The van der Waals surface area contributed by atoms with Gasteiger partial charge in [-0.2, -0.15) is 0 Å². The number of carbonyl (C=O) groups excluding carboxylic acids is 1. The Labute approximate surface area is 117 Å². The summed E-state index contributed by atoms with van der Waals surface area (Å²) in [5.41, 5.74) is 1.09. The molecule has 1 aromatic carbocycles. The molecule has 20 heavy (non-hydrogen) atoms. The summed E-state index contributed by atoms with van der Waals surface area (Å²) in [6.45, 7) is 0. The van der Waals surface area contributed by atoms with Gasteiger partial charge in [-0.3, -0.25) is 9.78 Å². The minimum Gasteiger partial charge on any atom is -0.496 e. The zero-order valence-electron chi connectivity index (χ0n) is 11.7. The van der Waals surface area contributed by atoms with E-state index in [0.29, 0.717) is 22.7 Å². The van der Waals surface area contributed by atoms with Crippen molar-refractivity contribution in [1.82, 2.24) is 4.98 Å². The van der Waals surface area contributed by atoms with Crippen molar-refractivity contribution in [2.45, 2.75) is 0 Å². The number of rotatable bonds is 4.